The fraction of sp³-hybridized carbons (Fsp3) is 0.200. The molecule has 0 unspecified atom stereocenters. The molecular formula is C15H15N3OS. The van der Waals surface area contributed by atoms with E-state index in [-0.39, 0.29) is 5.91 Å². The number of carbonyl (C=O) groups excluding carboxylic acids is 1. The Hall–Kier alpha value is -2.14. The molecule has 0 bridgehead atoms. The van der Waals surface area contributed by atoms with Crippen LogP contribution in [-0.4, -0.2) is 27.5 Å². The highest BCUT2D eigenvalue weighted by atomic mass is 32.1. The van der Waals surface area contributed by atoms with E-state index in [0.717, 1.165) is 10.9 Å². The second kappa shape index (κ2) is 5.46. The van der Waals surface area contributed by atoms with Crippen molar-refractivity contribution in [2.75, 3.05) is 6.54 Å². The summed E-state index contributed by atoms with van der Waals surface area (Å²) in [4.78, 5) is 15.6. The number of aromatic nitrogens is 2. The largest absolute Gasteiger partial charge is 0.334 e. The maximum Gasteiger partial charge on any atom is 0.254 e. The highest BCUT2D eigenvalue weighted by Crippen LogP contribution is 2.17. The lowest BCUT2D eigenvalue weighted by Crippen LogP contribution is -2.29. The maximum absolute atomic E-state index is 12.6. The molecule has 0 fully saturated rings. The zero-order chi connectivity index (χ0) is 13.9. The van der Waals surface area contributed by atoms with E-state index in [1.165, 1.54) is 4.88 Å². The molecule has 102 valence electrons. The van der Waals surface area contributed by atoms with E-state index in [0.29, 0.717) is 18.7 Å². The molecule has 0 aliphatic carbocycles. The maximum atomic E-state index is 12.6. The molecule has 2 aromatic heterocycles. The minimum absolute atomic E-state index is 0.0531. The number of amides is 1. The van der Waals surface area contributed by atoms with Gasteiger partial charge in [0.1, 0.15) is 0 Å². The van der Waals surface area contributed by atoms with Gasteiger partial charge >= 0.3 is 0 Å². The van der Waals surface area contributed by atoms with Gasteiger partial charge in [-0.3, -0.25) is 9.89 Å². The topological polar surface area (TPSA) is 49.0 Å². The van der Waals surface area contributed by atoms with Gasteiger partial charge in [-0.15, -0.1) is 11.3 Å². The van der Waals surface area contributed by atoms with E-state index >= 15 is 0 Å². The second-order valence-electron chi connectivity index (χ2n) is 4.57. The molecule has 0 aliphatic rings. The normalized spacial score (nSPS) is 10.8. The molecule has 5 heteroatoms. The summed E-state index contributed by atoms with van der Waals surface area (Å²) in [6.45, 7) is 3.35. The monoisotopic (exact) mass is 285 g/mol. The van der Waals surface area contributed by atoms with E-state index in [9.17, 15) is 4.79 Å². The standard InChI is InChI=1S/C15H15N3OS/c1-2-18(10-13-4-3-7-20-13)15(19)11-5-6-12-9-16-17-14(12)8-11/h3-9H,2,10H2,1H3,(H,16,17). The van der Waals surface area contributed by atoms with Crippen molar-refractivity contribution in [2.24, 2.45) is 0 Å². The number of nitrogens with one attached hydrogen (secondary N) is 1. The third kappa shape index (κ3) is 2.44. The van der Waals surface area contributed by atoms with E-state index < -0.39 is 0 Å². The van der Waals surface area contributed by atoms with Gasteiger partial charge in [0.15, 0.2) is 0 Å². The predicted molar refractivity (Wildman–Crippen MR) is 80.8 cm³/mol. The Morgan fingerprint density at radius 1 is 1.40 bits per heavy atom. The Morgan fingerprint density at radius 3 is 3.05 bits per heavy atom. The fourth-order valence-corrected chi connectivity index (χ4v) is 2.89. The molecule has 0 atom stereocenters. The van der Waals surface area contributed by atoms with Crippen LogP contribution in [0.25, 0.3) is 10.9 Å². The minimum Gasteiger partial charge on any atom is -0.334 e. The first-order chi connectivity index (χ1) is 9.78. The molecule has 0 aliphatic heterocycles. The van der Waals surface area contributed by atoms with Crippen molar-refractivity contribution in [1.29, 1.82) is 0 Å². The van der Waals surface area contributed by atoms with Crippen LogP contribution in [0.2, 0.25) is 0 Å². The number of hydrogen-bond acceptors (Lipinski definition) is 3. The summed E-state index contributed by atoms with van der Waals surface area (Å²) in [5.41, 5.74) is 1.59. The smallest absolute Gasteiger partial charge is 0.254 e. The summed E-state index contributed by atoms with van der Waals surface area (Å²) in [6, 6.07) is 9.71. The van der Waals surface area contributed by atoms with Crippen LogP contribution in [0, 0.1) is 0 Å². The number of aromatic amines is 1. The number of benzene rings is 1. The Balaban J connectivity index is 1.85. The van der Waals surface area contributed by atoms with Gasteiger partial charge in [-0.25, -0.2) is 0 Å². The molecule has 0 saturated heterocycles. The molecule has 1 N–H and O–H groups in total. The molecular weight excluding hydrogens is 270 g/mol. The predicted octanol–water partition coefficient (Wildman–Crippen LogP) is 3.29. The van der Waals surface area contributed by atoms with E-state index in [4.69, 9.17) is 0 Å². The fourth-order valence-electron chi connectivity index (χ4n) is 2.17. The van der Waals surface area contributed by atoms with E-state index in [2.05, 4.69) is 16.3 Å². The quantitative estimate of drug-likeness (QED) is 0.799. The van der Waals surface area contributed by atoms with Crippen LogP contribution in [0.3, 0.4) is 0 Å². The average Bonchev–Trinajstić information content (AvgIpc) is 3.14. The summed E-state index contributed by atoms with van der Waals surface area (Å²) in [7, 11) is 0. The minimum atomic E-state index is 0.0531. The van der Waals surface area contributed by atoms with Crippen molar-refractivity contribution in [3.8, 4) is 0 Å². The zero-order valence-corrected chi connectivity index (χ0v) is 12.0. The van der Waals surface area contributed by atoms with Crippen LogP contribution >= 0.6 is 11.3 Å². The Bertz CT molecular complexity index is 718. The average molecular weight is 285 g/mol. The number of fused-ring (bicyclic) bond motifs is 1. The molecule has 0 radical (unpaired) electrons. The van der Waals surface area contributed by atoms with Crippen molar-refractivity contribution in [3.05, 3.63) is 52.3 Å². The first-order valence-electron chi connectivity index (χ1n) is 6.52. The molecule has 2 heterocycles. The number of thiophene rings is 1. The van der Waals surface area contributed by atoms with Crippen molar-refractivity contribution in [3.63, 3.8) is 0 Å². The van der Waals surface area contributed by atoms with Gasteiger partial charge < -0.3 is 4.90 Å². The first kappa shape index (κ1) is 12.9. The van der Waals surface area contributed by atoms with Crippen molar-refractivity contribution in [2.45, 2.75) is 13.5 Å². The molecule has 4 nitrogen and oxygen atoms in total. The van der Waals surface area contributed by atoms with Crippen molar-refractivity contribution >= 4 is 28.1 Å². The van der Waals surface area contributed by atoms with Gasteiger partial charge in [0.2, 0.25) is 0 Å². The Kier molecular flexibility index (Phi) is 3.52. The van der Waals surface area contributed by atoms with Gasteiger partial charge in [-0.2, -0.15) is 5.10 Å². The molecule has 20 heavy (non-hydrogen) atoms. The van der Waals surface area contributed by atoms with Crippen LogP contribution < -0.4 is 0 Å². The lowest BCUT2D eigenvalue weighted by Gasteiger charge is -2.20. The highest BCUT2D eigenvalue weighted by molar-refractivity contribution is 7.09. The van der Waals surface area contributed by atoms with E-state index in [1.54, 1.807) is 17.5 Å². The molecule has 0 spiro atoms. The lowest BCUT2D eigenvalue weighted by atomic mass is 10.1. The summed E-state index contributed by atoms with van der Waals surface area (Å²) < 4.78 is 0. The number of H-pyrrole nitrogens is 1. The van der Waals surface area contributed by atoms with Crippen LogP contribution in [0.5, 0.6) is 0 Å². The Morgan fingerprint density at radius 2 is 2.30 bits per heavy atom. The van der Waals surface area contributed by atoms with Crippen LogP contribution in [0.1, 0.15) is 22.2 Å². The number of hydrogen-bond donors (Lipinski definition) is 1. The Labute approximate surface area is 121 Å². The third-order valence-corrected chi connectivity index (χ3v) is 4.15. The number of rotatable bonds is 4. The SMILES string of the molecule is CCN(Cc1cccs1)C(=O)c1ccc2cn[nH]c2c1. The molecule has 3 rings (SSSR count). The summed E-state index contributed by atoms with van der Waals surface area (Å²) >= 11 is 1.67. The highest BCUT2D eigenvalue weighted by Gasteiger charge is 2.15. The van der Waals surface area contributed by atoms with E-state index in [1.807, 2.05) is 41.5 Å². The molecule has 3 aromatic rings. The van der Waals surface area contributed by atoms with Gasteiger partial charge in [-0.1, -0.05) is 12.1 Å². The summed E-state index contributed by atoms with van der Waals surface area (Å²) in [5.74, 6) is 0.0531. The zero-order valence-electron chi connectivity index (χ0n) is 11.2. The molecule has 0 saturated carbocycles. The summed E-state index contributed by atoms with van der Waals surface area (Å²) in [6.07, 6.45) is 1.76. The lowest BCUT2D eigenvalue weighted by molar-refractivity contribution is 0.0754. The van der Waals surface area contributed by atoms with Gasteiger partial charge in [0, 0.05) is 22.4 Å². The second-order valence-corrected chi connectivity index (χ2v) is 5.60. The number of carbonyl (C=O) groups is 1. The number of nitrogens with zero attached hydrogens (tertiary/aromatic N) is 2. The molecule has 1 aromatic carbocycles. The molecule has 1 amide bonds. The van der Waals surface area contributed by atoms with Gasteiger partial charge in [0.25, 0.3) is 5.91 Å². The van der Waals surface area contributed by atoms with Crippen molar-refractivity contribution in [1.82, 2.24) is 15.1 Å². The van der Waals surface area contributed by atoms with Gasteiger partial charge in [0.05, 0.1) is 18.3 Å². The summed E-state index contributed by atoms with van der Waals surface area (Å²) in [5, 5.41) is 9.93. The van der Waals surface area contributed by atoms with Crippen LogP contribution in [0.4, 0.5) is 0 Å². The van der Waals surface area contributed by atoms with Gasteiger partial charge in [-0.05, 0) is 30.5 Å². The van der Waals surface area contributed by atoms with Crippen molar-refractivity contribution < 1.29 is 4.79 Å². The van der Waals surface area contributed by atoms with Crippen LogP contribution in [0.15, 0.2) is 41.9 Å². The first-order valence-corrected chi connectivity index (χ1v) is 7.40. The third-order valence-electron chi connectivity index (χ3n) is 3.28. The van der Waals surface area contributed by atoms with Crippen LogP contribution in [-0.2, 0) is 6.54 Å².